The van der Waals surface area contributed by atoms with Gasteiger partial charge in [-0.25, -0.2) is 9.67 Å². The zero-order valence-corrected chi connectivity index (χ0v) is 20.7. The number of methoxy groups -OCH3 is 1. The smallest absolute Gasteiger partial charge is 0.226 e. The maximum Gasteiger partial charge on any atom is 0.226 e. The lowest BCUT2D eigenvalue weighted by Gasteiger charge is -2.23. The van der Waals surface area contributed by atoms with Gasteiger partial charge in [-0.1, -0.05) is 13.0 Å². The Morgan fingerprint density at radius 2 is 2.21 bits per heavy atom. The summed E-state index contributed by atoms with van der Waals surface area (Å²) in [6, 6.07) is 10.1. The maximum absolute atomic E-state index is 12.7. The average Bonchev–Trinajstić information content (AvgIpc) is 3.39. The van der Waals surface area contributed by atoms with E-state index >= 15 is 0 Å². The van der Waals surface area contributed by atoms with Crippen molar-refractivity contribution in [3.63, 3.8) is 0 Å². The Balaban J connectivity index is 1.38. The maximum atomic E-state index is 12.7. The molecule has 0 saturated heterocycles. The van der Waals surface area contributed by atoms with E-state index in [1.54, 1.807) is 24.2 Å². The molecule has 0 unspecified atom stereocenters. The zero-order valence-electron chi connectivity index (χ0n) is 19.1. The minimum Gasteiger partial charge on any atom is -0.383 e. The highest BCUT2D eigenvalue weighted by Gasteiger charge is 2.41. The summed E-state index contributed by atoms with van der Waals surface area (Å²) in [7, 11) is 1.63. The quantitative estimate of drug-likeness (QED) is 0.354. The first-order valence-corrected chi connectivity index (χ1v) is 12.1. The van der Waals surface area contributed by atoms with Crippen molar-refractivity contribution in [1.82, 2.24) is 30.0 Å². The second kappa shape index (κ2) is 9.27. The van der Waals surface area contributed by atoms with Crippen molar-refractivity contribution in [2.45, 2.75) is 32.2 Å². The van der Waals surface area contributed by atoms with Crippen molar-refractivity contribution in [2.24, 2.45) is 5.41 Å². The van der Waals surface area contributed by atoms with Gasteiger partial charge in [0, 0.05) is 42.9 Å². The van der Waals surface area contributed by atoms with Crippen molar-refractivity contribution in [2.75, 3.05) is 25.6 Å². The predicted octanol–water partition coefficient (Wildman–Crippen LogP) is 3.86. The fourth-order valence-electron chi connectivity index (χ4n) is 4.55. The molecule has 176 valence electrons. The van der Waals surface area contributed by atoms with Crippen molar-refractivity contribution in [3.8, 4) is 5.69 Å². The lowest BCUT2D eigenvalue weighted by Crippen LogP contribution is -2.39. The van der Waals surface area contributed by atoms with Crippen LogP contribution in [0.15, 0.2) is 47.3 Å². The molecule has 1 aliphatic rings. The number of fused-ring (bicyclic) bond motifs is 2. The summed E-state index contributed by atoms with van der Waals surface area (Å²) in [4.78, 5) is 26.3. The van der Waals surface area contributed by atoms with Crippen LogP contribution in [-0.4, -0.2) is 56.9 Å². The number of rotatable bonds is 7. The number of aromatic nitrogens is 5. The molecule has 1 saturated carbocycles. The molecule has 3 heterocycles. The van der Waals surface area contributed by atoms with Crippen LogP contribution in [0.2, 0.25) is 0 Å². The van der Waals surface area contributed by atoms with Crippen LogP contribution in [0.1, 0.15) is 26.2 Å². The number of pyridine rings is 1. The number of anilines is 1. The number of ether oxygens (including phenoxy) is 1. The zero-order chi connectivity index (χ0) is 23.7. The van der Waals surface area contributed by atoms with Crippen molar-refractivity contribution >= 4 is 49.7 Å². The molecule has 0 spiro atoms. The first-order chi connectivity index (χ1) is 16.5. The van der Waals surface area contributed by atoms with E-state index in [1.165, 1.54) is 0 Å². The molecule has 9 nitrogen and oxygen atoms in total. The van der Waals surface area contributed by atoms with Gasteiger partial charge in [0.15, 0.2) is 5.65 Å². The van der Waals surface area contributed by atoms with Crippen LogP contribution in [0.5, 0.6) is 0 Å². The van der Waals surface area contributed by atoms with Gasteiger partial charge in [0.2, 0.25) is 11.9 Å². The summed E-state index contributed by atoms with van der Waals surface area (Å²) in [5.41, 5.74) is 2.10. The molecule has 1 aromatic carbocycles. The summed E-state index contributed by atoms with van der Waals surface area (Å²) in [6.07, 6.45) is 5.95. The van der Waals surface area contributed by atoms with Gasteiger partial charge in [-0.3, -0.25) is 9.78 Å². The molecule has 1 amide bonds. The highest BCUT2D eigenvalue weighted by atomic mass is 79.9. The average molecular weight is 524 g/mol. The largest absolute Gasteiger partial charge is 0.383 e. The highest BCUT2D eigenvalue weighted by molar-refractivity contribution is 9.10. The van der Waals surface area contributed by atoms with Crippen molar-refractivity contribution < 1.29 is 9.53 Å². The third kappa shape index (κ3) is 4.35. The summed E-state index contributed by atoms with van der Waals surface area (Å²) < 4.78 is 7.52. The van der Waals surface area contributed by atoms with E-state index < -0.39 is 5.41 Å². The third-order valence-electron chi connectivity index (χ3n) is 6.43. The number of hydrogen-bond donors (Lipinski definition) is 2. The number of nitrogens with zero attached hydrogens (tertiary/aromatic N) is 5. The number of hydrogen-bond acceptors (Lipinski definition) is 7. The molecular weight excluding hydrogens is 498 g/mol. The standard InChI is InChI=1S/C24H26BrN7O2/c1-24(22(33)27-10-11-34-2)8-7-16(13-24)29-23-28-14-18-20(25)31-32(21(18)30-23)17-5-6-19-15(12-17)4-3-9-26-19/h3-6,9,12,14,16H,7-8,10-11,13H2,1-2H3,(H,27,33)(H,28,29,30)/t16-,24-/m1/s1. The minimum atomic E-state index is -0.417. The Bertz CT molecular complexity index is 1360. The fraction of sp³-hybridized carbons (Fsp3) is 0.375. The van der Waals surface area contributed by atoms with Crippen LogP contribution >= 0.6 is 15.9 Å². The van der Waals surface area contributed by atoms with Crippen LogP contribution in [0.3, 0.4) is 0 Å². The molecular formula is C24H26BrN7O2. The second-order valence-corrected chi connectivity index (χ2v) is 9.66. The number of halogens is 1. The summed E-state index contributed by atoms with van der Waals surface area (Å²) in [6.45, 7) is 3.04. The minimum absolute atomic E-state index is 0.0676. The number of carbonyl (C=O) groups is 1. The number of benzene rings is 1. The molecule has 34 heavy (non-hydrogen) atoms. The first kappa shape index (κ1) is 22.7. The van der Waals surface area contributed by atoms with Gasteiger partial charge in [-0.15, -0.1) is 0 Å². The van der Waals surface area contributed by atoms with E-state index in [9.17, 15) is 4.79 Å². The summed E-state index contributed by atoms with van der Waals surface area (Å²) >= 11 is 3.54. The third-order valence-corrected chi connectivity index (χ3v) is 7.01. The van der Waals surface area contributed by atoms with E-state index in [2.05, 4.69) is 41.6 Å². The normalized spacial score (nSPS) is 20.1. The SMILES string of the molecule is COCCNC(=O)[C@]1(C)CC[C@@H](Nc2ncc3c(Br)nn(-c4ccc5ncccc5c4)c3n2)C1. The fourth-order valence-corrected chi connectivity index (χ4v) is 4.98. The Morgan fingerprint density at radius 3 is 3.06 bits per heavy atom. The second-order valence-electron chi connectivity index (χ2n) is 8.91. The molecule has 2 N–H and O–H groups in total. The topological polar surface area (TPSA) is 107 Å². The molecule has 3 aromatic heterocycles. The van der Waals surface area contributed by atoms with E-state index in [0.29, 0.717) is 35.8 Å². The Morgan fingerprint density at radius 1 is 1.32 bits per heavy atom. The van der Waals surface area contributed by atoms with Crippen LogP contribution in [-0.2, 0) is 9.53 Å². The molecule has 4 aromatic rings. The van der Waals surface area contributed by atoms with Gasteiger partial charge in [0.1, 0.15) is 4.60 Å². The van der Waals surface area contributed by atoms with Gasteiger partial charge in [0.25, 0.3) is 0 Å². The van der Waals surface area contributed by atoms with E-state index in [0.717, 1.165) is 34.8 Å². The Labute approximate surface area is 205 Å². The van der Waals surface area contributed by atoms with Crippen LogP contribution in [0.25, 0.3) is 27.6 Å². The molecule has 0 aliphatic heterocycles. The van der Waals surface area contributed by atoms with Crippen LogP contribution in [0, 0.1) is 5.41 Å². The number of carbonyl (C=O) groups excluding carboxylic acids is 1. The monoisotopic (exact) mass is 523 g/mol. The van der Waals surface area contributed by atoms with Crippen molar-refractivity contribution in [1.29, 1.82) is 0 Å². The summed E-state index contributed by atoms with van der Waals surface area (Å²) in [5, 5.41) is 12.9. The molecule has 0 bridgehead atoms. The first-order valence-electron chi connectivity index (χ1n) is 11.3. The molecule has 10 heteroatoms. The van der Waals surface area contributed by atoms with Gasteiger partial charge in [-0.2, -0.15) is 10.1 Å². The van der Waals surface area contributed by atoms with E-state index in [-0.39, 0.29) is 11.9 Å². The summed E-state index contributed by atoms with van der Waals surface area (Å²) in [5.74, 6) is 0.593. The van der Waals surface area contributed by atoms with Gasteiger partial charge >= 0.3 is 0 Å². The Kier molecular flexibility index (Phi) is 6.18. The van der Waals surface area contributed by atoms with E-state index in [1.807, 2.05) is 37.3 Å². The lowest BCUT2D eigenvalue weighted by atomic mass is 9.87. The highest BCUT2D eigenvalue weighted by Crippen LogP contribution is 2.39. The molecule has 2 atom stereocenters. The molecule has 1 aliphatic carbocycles. The van der Waals surface area contributed by atoms with Crippen LogP contribution < -0.4 is 10.6 Å². The Hall–Kier alpha value is -3.11. The molecule has 0 radical (unpaired) electrons. The van der Waals surface area contributed by atoms with E-state index in [4.69, 9.17) is 9.72 Å². The van der Waals surface area contributed by atoms with Gasteiger partial charge in [0.05, 0.1) is 23.2 Å². The van der Waals surface area contributed by atoms with Crippen LogP contribution in [0.4, 0.5) is 5.95 Å². The number of nitrogens with one attached hydrogen (secondary N) is 2. The molecule has 5 rings (SSSR count). The molecule has 1 fully saturated rings. The predicted molar refractivity (Wildman–Crippen MR) is 134 cm³/mol. The number of amides is 1. The lowest BCUT2D eigenvalue weighted by molar-refractivity contribution is -0.130. The van der Waals surface area contributed by atoms with Gasteiger partial charge < -0.3 is 15.4 Å². The van der Waals surface area contributed by atoms with Crippen molar-refractivity contribution in [3.05, 3.63) is 47.3 Å². The van der Waals surface area contributed by atoms with Gasteiger partial charge in [-0.05, 0) is 59.5 Å².